The van der Waals surface area contributed by atoms with Gasteiger partial charge in [-0.3, -0.25) is 19.5 Å². The Morgan fingerprint density at radius 2 is 1.79 bits per heavy atom. The molecule has 0 bridgehead atoms. The summed E-state index contributed by atoms with van der Waals surface area (Å²) in [5, 5.41) is 13.0. The molecule has 0 saturated carbocycles. The van der Waals surface area contributed by atoms with Crippen LogP contribution >= 0.6 is 7.14 Å². The predicted octanol–water partition coefficient (Wildman–Crippen LogP) is 5.27. The molecular formula is C37H42N11O3P. The van der Waals surface area contributed by atoms with Crippen LogP contribution in [0.5, 0.6) is 5.75 Å². The number of H-pyrrole nitrogens is 1. The van der Waals surface area contributed by atoms with Gasteiger partial charge in [0.1, 0.15) is 29.9 Å². The van der Waals surface area contributed by atoms with E-state index >= 15 is 0 Å². The van der Waals surface area contributed by atoms with Crippen molar-refractivity contribution in [3.63, 3.8) is 0 Å². The Bertz CT molecular complexity index is 2340. The lowest BCUT2D eigenvalue weighted by Gasteiger charge is -2.41. The van der Waals surface area contributed by atoms with Crippen molar-refractivity contribution < 1.29 is 14.0 Å². The highest BCUT2D eigenvalue weighted by atomic mass is 31.2. The third-order valence-corrected chi connectivity index (χ3v) is 11.9. The number of rotatable bonds is 8. The summed E-state index contributed by atoms with van der Waals surface area (Å²) in [7, 11) is -0.839. The molecule has 6 aromatic rings. The van der Waals surface area contributed by atoms with Crippen LogP contribution in [0.25, 0.3) is 33.2 Å². The van der Waals surface area contributed by atoms with Crippen molar-refractivity contribution in [2.45, 2.75) is 25.3 Å². The number of nitrogens with one attached hydrogen (secondary N) is 3. The van der Waals surface area contributed by atoms with E-state index < -0.39 is 7.14 Å². The maximum absolute atomic E-state index is 13.7. The third-order valence-electron chi connectivity index (χ3n) is 10.4. The van der Waals surface area contributed by atoms with Gasteiger partial charge in [-0.25, -0.2) is 0 Å². The van der Waals surface area contributed by atoms with Gasteiger partial charge in [-0.05, 0) is 50.4 Å². The van der Waals surface area contributed by atoms with Gasteiger partial charge >= 0.3 is 0 Å². The minimum atomic E-state index is -2.79. The Kier molecular flexibility index (Phi) is 8.32. The van der Waals surface area contributed by atoms with Crippen molar-refractivity contribution in [3.8, 4) is 16.9 Å². The number of aromatic nitrogens is 7. The molecule has 2 fully saturated rings. The summed E-state index contributed by atoms with van der Waals surface area (Å²) in [4.78, 5) is 27.2. The summed E-state index contributed by atoms with van der Waals surface area (Å²) in [5.74, 6) is 1.79. The molecule has 7 heterocycles. The molecule has 52 heavy (non-hydrogen) atoms. The van der Waals surface area contributed by atoms with Crippen LogP contribution in [0.15, 0.2) is 55.2 Å². The molecule has 15 heteroatoms. The van der Waals surface area contributed by atoms with E-state index in [1.54, 1.807) is 25.7 Å². The zero-order chi connectivity index (χ0) is 35.4. The van der Waals surface area contributed by atoms with E-state index in [0.29, 0.717) is 52.1 Å². The van der Waals surface area contributed by atoms with Gasteiger partial charge in [0.05, 0.1) is 59.3 Å². The van der Waals surface area contributed by atoms with Gasteiger partial charge in [-0.2, -0.15) is 15.1 Å². The van der Waals surface area contributed by atoms with E-state index in [9.17, 15) is 4.57 Å². The fraction of sp³-hybridized carbons (Fsp3) is 0.378. The lowest BCUT2D eigenvalue weighted by Crippen LogP contribution is -2.49. The monoisotopic (exact) mass is 719 g/mol. The first kappa shape index (κ1) is 32.8. The first-order valence-corrected chi connectivity index (χ1v) is 20.5. The van der Waals surface area contributed by atoms with Crippen molar-refractivity contribution in [1.82, 2.24) is 39.6 Å². The Labute approximate surface area is 301 Å². The molecular weight excluding hydrogens is 677 g/mol. The number of ether oxygens (including phenoxy) is 2. The fourth-order valence-electron chi connectivity index (χ4n) is 8.00. The van der Waals surface area contributed by atoms with Crippen LogP contribution in [0.2, 0.25) is 0 Å². The highest BCUT2D eigenvalue weighted by molar-refractivity contribution is 7.71. The second kappa shape index (κ2) is 13.2. The van der Waals surface area contributed by atoms with Crippen LogP contribution in [-0.2, 0) is 22.8 Å². The van der Waals surface area contributed by atoms with E-state index in [-0.39, 0.29) is 0 Å². The van der Waals surface area contributed by atoms with Crippen LogP contribution in [0.1, 0.15) is 18.4 Å². The average molecular weight is 720 g/mol. The van der Waals surface area contributed by atoms with E-state index in [1.165, 1.54) is 11.3 Å². The zero-order valence-electron chi connectivity index (χ0n) is 29.6. The standard InChI is InChI=1S/C37H42N11O3P/c1-46-22-23(21-41-46)27-20-30(33-25(9-17-51-33)32(27)48-13-7-24(8-14-48)47-15-18-50-19-16-47)43-37-44-35-26(6-10-40-35)36(45-37)42-29-5-4-28-31(39-12-11-38-28)34(29)52(2,3)49/h4-6,10-12,20-22,24H,7-9,13-19H2,1-3H3,(H3,40,42,43,44,45). The minimum absolute atomic E-state index is 0.393. The molecule has 3 aliphatic rings. The van der Waals surface area contributed by atoms with E-state index in [1.807, 2.05) is 42.3 Å². The second-order valence-electron chi connectivity index (χ2n) is 14.1. The molecule has 0 unspecified atom stereocenters. The Hall–Kier alpha value is -5.04. The van der Waals surface area contributed by atoms with Gasteiger partial charge in [-0.1, -0.05) is 0 Å². The molecule has 0 radical (unpaired) electrons. The number of hydrogen-bond acceptors (Lipinski definition) is 12. The fourth-order valence-corrected chi connectivity index (χ4v) is 9.40. The van der Waals surface area contributed by atoms with Crippen LogP contribution in [-0.4, -0.2) is 105 Å². The number of anilines is 5. The summed E-state index contributed by atoms with van der Waals surface area (Å²) in [6.07, 6.45) is 12.1. The summed E-state index contributed by atoms with van der Waals surface area (Å²) in [6, 6.07) is 8.44. The molecule has 0 aliphatic carbocycles. The number of morpholine rings is 1. The summed E-state index contributed by atoms with van der Waals surface area (Å²) >= 11 is 0. The largest absolute Gasteiger partial charge is 0.491 e. The number of piperidine rings is 1. The molecule has 9 rings (SSSR count). The molecule has 2 aromatic carbocycles. The average Bonchev–Trinajstić information content (AvgIpc) is 3.93. The Morgan fingerprint density at radius 3 is 2.58 bits per heavy atom. The number of fused-ring (bicyclic) bond motifs is 3. The molecule has 2 saturated heterocycles. The van der Waals surface area contributed by atoms with E-state index in [2.05, 4.69) is 52.7 Å². The molecule has 268 valence electrons. The lowest BCUT2D eigenvalue weighted by molar-refractivity contribution is 0.0115. The number of aromatic amines is 1. The molecule has 0 amide bonds. The van der Waals surface area contributed by atoms with Crippen LogP contribution < -0.4 is 25.6 Å². The molecule has 0 spiro atoms. The third kappa shape index (κ3) is 6.04. The van der Waals surface area contributed by atoms with Crippen molar-refractivity contribution in [2.24, 2.45) is 7.05 Å². The van der Waals surface area contributed by atoms with Gasteiger partial charge in [-0.15, -0.1) is 0 Å². The van der Waals surface area contributed by atoms with E-state index in [4.69, 9.17) is 19.4 Å². The minimum Gasteiger partial charge on any atom is -0.491 e. The van der Waals surface area contributed by atoms with Crippen LogP contribution in [0.4, 0.5) is 28.8 Å². The van der Waals surface area contributed by atoms with E-state index in [0.717, 1.165) is 86.6 Å². The number of aryl methyl sites for hydroxylation is 1. The van der Waals surface area contributed by atoms with Crippen LogP contribution in [0, 0.1) is 0 Å². The summed E-state index contributed by atoms with van der Waals surface area (Å²) < 4.78 is 27.5. The Balaban J connectivity index is 1.09. The van der Waals surface area contributed by atoms with Crippen molar-refractivity contribution >= 4 is 63.3 Å². The van der Waals surface area contributed by atoms with Gasteiger partial charge in [0, 0.05) is 87.2 Å². The van der Waals surface area contributed by atoms with Crippen molar-refractivity contribution in [2.75, 3.05) is 74.9 Å². The number of benzene rings is 2. The number of nitrogens with zero attached hydrogens (tertiary/aromatic N) is 8. The van der Waals surface area contributed by atoms with Crippen molar-refractivity contribution in [1.29, 1.82) is 0 Å². The van der Waals surface area contributed by atoms with Gasteiger partial charge in [0.2, 0.25) is 5.95 Å². The lowest BCUT2D eigenvalue weighted by atomic mass is 9.95. The summed E-state index contributed by atoms with van der Waals surface area (Å²) in [6.45, 7) is 9.71. The molecule has 14 nitrogen and oxygen atoms in total. The SMILES string of the molecule is Cn1cc(-c2cc(Nc3nc(Nc4ccc5nccnc5c4P(C)(C)=O)c4cc[nH]c4n3)c3c(c2N2CCC(N4CCOCC4)CC2)CCO3)cn1. The zero-order valence-corrected chi connectivity index (χ0v) is 30.5. The molecule has 0 atom stereocenters. The van der Waals surface area contributed by atoms with Gasteiger partial charge in [0.15, 0.2) is 0 Å². The normalized spacial score (nSPS) is 17.1. The van der Waals surface area contributed by atoms with Crippen molar-refractivity contribution in [3.05, 3.63) is 60.8 Å². The highest BCUT2D eigenvalue weighted by Gasteiger charge is 2.32. The topological polar surface area (TPSA) is 151 Å². The molecule has 3 aliphatic heterocycles. The van der Waals surface area contributed by atoms with Gasteiger partial charge in [0.25, 0.3) is 0 Å². The Morgan fingerprint density at radius 1 is 0.962 bits per heavy atom. The first-order valence-electron chi connectivity index (χ1n) is 17.9. The second-order valence-corrected chi connectivity index (χ2v) is 17.3. The maximum Gasteiger partial charge on any atom is 0.231 e. The highest BCUT2D eigenvalue weighted by Crippen LogP contribution is 2.48. The molecule has 3 N–H and O–H groups in total. The van der Waals surface area contributed by atoms with Crippen LogP contribution in [0.3, 0.4) is 0 Å². The molecule has 4 aromatic heterocycles. The summed E-state index contributed by atoms with van der Waals surface area (Å²) in [5.41, 5.74) is 7.98. The maximum atomic E-state index is 13.7. The number of hydrogen-bond donors (Lipinski definition) is 3. The smallest absolute Gasteiger partial charge is 0.231 e. The quantitative estimate of drug-likeness (QED) is 0.176. The predicted molar refractivity (Wildman–Crippen MR) is 205 cm³/mol. The first-order chi connectivity index (χ1) is 25.3. The van der Waals surface area contributed by atoms with Gasteiger partial charge < -0.3 is 34.6 Å².